The van der Waals surface area contributed by atoms with Gasteiger partial charge >= 0.3 is 0 Å². The van der Waals surface area contributed by atoms with Crippen LogP contribution in [0, 0.1) is 20.8 Å². The van der Waals surface area contributed by atoms with Crippen molar-refractivity contribution in [3.63, 3.8) is 0 Å². The number of pyridine rings is 1. The minimum Gasteiger partial charge on any atom is -0.493 e. The number of aryl methyl sites for hydroxylation is 3. The maximum atomic E-state index is 13.5. The molecule has 0 unspecified atom stereocenters. The average Bonchev–Trinajstić information content (AvgIpc) is 3.33. The van der Waals surface area contributed by atoms with Crippen LogP contribution in [0.2, 0.25) is 0 Å². The van der Waals surface area contributed by atoms with Crippen LogP contribution < -0.4 is 9.47 Å². The third kappa shape index (κ3) is 3.79. The number of hydrogen-bond donors (Lipinski definition) is 0. The van der Waals surface area contributed by atoms with Gasteiger partial charge in [0.1, 0.15) is 11.5 Å². The topological polar surface area (TPSA) is 90.8 Å². The maximum absolute atomic E-state index is 13.5. The molecule has 0 bridgehead atoms. The molecule has 32 heavy (non-hydrogen) atoms. The summed E-state index contributed by atoms with van der Waals surface area (Å²) in [6.45, 7) is 5.92. The Bertz CT molecular complexity index is 1300. The first-order chi connectivity index (χ1) is 15.3. The third-order valence-electron chi connectivity index (χ3n) is 5.38. The van der Waals surface area contributed by atoms with E-state index in [0.29, 0.717) is 46.1 Å². The highest BCUT2D eigenvalue weighted by atomic mass is 16.5. The molecule has 3 aromatic heterocycles. The smallest absolute Gasteiger partial charge is 0.259 e. The molecule has 0 saturated carbocycles. The summed E-state index contributed by atoms with van der Waals surface area (Å²) < 4.78 is 21.7. The largest absolute Gasteiger partial charge is 0.493 e. The number of aromatic nitrogens is 2. The van der Waals surface area contributed by atoms with Gasteiger partial charge in [0.2, 0.25) is 0 Å². The highest BCUT2D eigenvalue weighted by molar-refractivity contribution is 6.06. The lowest BCUT2D eigenvalue weighted by molar-refractivity contribution is 0.0786. The zero-order valence-corrected chi connectivity index (χ0v) is 19.0. The number of benzene rings is 1. The number of hydrogen-bond acceptors (Lipinski definition) is 7. The quantitative estimate of drug-likeness (QED) is 0.434. The Balaban J connectivity index is 1.72. The number of amides is 1. The first kappa shape index (κ1) is 21.4. The van der Waals surface area contributed by atoms with Crippen molar-refractivity contribution in [3.05, 3.63) is 58.7 Å². The van der Waals surface area contributed by atoms with Gasteiger partial charge in [-0.3, -0.25) is 4.79 Å². The fourth-order valence-electron chi connectivity index (χ4n) is 3.82. The van der Waals surface area contributed by atoms with E-state index >= 15 is 0 Å². The molecule has 4 rings (SSSR count). The number of rotatable bonds is 6. The van der Waals surface area contributed by atoms with E-state index in [9.17, 15) is 4.79 Å². The highest BCUT2D eigenvalue weighted by Gasteiger charge is 2.23. The lowest BCUT2D eigenvalue weighted by atomic mass is 10.0. The average molecular weight is 435 g/mol. The van der Waals surface area contributed by atoms with Crippen LogP contribution in [0.1, 0.15) is 33.1 Å². The number of nitrogens with zero attached hydrogens (tertiary/aromatic N) is 3. The van der Waals surface area contributed by atoms with Crippen LogP contribution in [-0.2, 0) is 6.54 Å². The van der Waals surface area contributed by atoms with Crippen molar-refractivity contribution in [2.24, 2.45) is 0 Å². The molecular formula is C24H25N3O5. The number of furan rings is 1. The molecular weight excluding hydrogens is 410 g/mol. The highest BCUT2D eigenvalue weighted by Crippen LogP contribution is 2.32. The van der Waals surface area contributed by atoms with Gasteiger partial charge in [0.05, 0.1) is 36.6 Å². The molecule has 0 atom stereocenters. The van der Waals surface area contributed by atoms with Crippen LogP contribution in [-0.4, -0.2) is 42.2 Å². The van der Waals surface area contributed by atoms with Crippen molar-refractivity contribution in [1.82, 2.24) is 15.0 Å². The van der Waals surface area contributed by atoms with Crippen LogP contribution in [0.5, 0.6) is 11.5 Å². The van der Waals surface area contributed by atoms with E-state index < -0.39 is 0 Å². The van der Waals surface area contributed by atoms with Crippen molar-refractivity contribution in [2.45, 2.75) is 27.3 Å². The Hall–Kier alpha value is -3.81. The summed E-state index contributed by atoms with van der Waals surface area (Å²) in [5, 5.41) is 4.63. The molecule has 8 heteroatoms. The molecule has 0 N–H and O–H groups in total. The van der Waals surface area contributed by atoms with Gasteiger partial charge < -0.3 is 23.3 Å². The van der Waals surface area contributed by atoms with Crippen molar-refractivity contribution < 1.29 is 23.2 Å². The van der Waals surface area contributed by atoms with E-state index in [-0.39, 0.29) is 5.91 Å². The van der Waals surface area contributed by atoms with Gasteiger partial charge in [0.25, 0.3) is 11.6 Å². The summed E-state index contributed by atoms with van der Waals surface area (Å²) in [7, 11) is 4.92. The van der Waals surface area contributed by atoms with E-state index in [4.69, 9.17) is 18.4 Å². The summed E-state index contributed by atoms with van der Waals surface area (Å²) in [6.07, 6.45) is 0. The summed E-state index contributed by atoms with van der Waals surface area (Å²) in [5.74, 6) is 2.57. The Morgan fingerprint density at radius 1 is 1.06 bits per heavy atom. The van der Waals surface area contributed by atoms with Crippen molar-refractivity contribution >= 4 is 17.0 Å². The summed E-state index contributed by atoms with van der Waals surface area (Å²) in [6, 6.07) is 9.26. The summed E-state index contributed by atoms with van der Waals surface area (Å²) in [4.78, 5) is 19.7. The number of methoxy groups -OCH3 is 2. The second-order valence-corrected chi connectivity index (χ2v) is 7.68. The second-order valence-electron chi connectivity index (χ2n) is 7.68. The number of ether oxygens (including phenoxy) is 2. The Labute approximate surface area is 185 Å². The molecule has 0 saturated heterocycles. The van der Waals surface area contributed by atoms with E-state index in [1.807, 2.05) is 38.1 Å². The van der Waals surface area contributed by atoms with Gasteiger partial charge in [0, 0.05) is 19.2 Å². The van der Waals surface area contributed by atoms with Gasteiger partial charge in [0.15, 0.2) is 11.5 Å². The molecule has 3 heterocycles. The molecule has 0 fully saturated rings. The monoisotopic (exact) mass is 435 g/mol. The molecule has 0 spiro atoms. The Morgan fingerprint density at radius 2 is 1.81 bits per heavy atom. The fraction of sp³-hybridized carbons (Fsp3) is 0.292. The van der Waals surface area contributed by atoms with Gasteiger partial charge in [-0.15, -0.1) is 0 Å². The van der Waals surface area contributed by atoms with Crippen LogP contribution in [0.3, 0.4) is 0 Å². The second kappa shape index (κ2) is 8.37. The fourth-order valence-corrected chi connectivity index (χ4v) is 3.82. The minimum atomic E-state index is -0.169. The predicted octanol–water partition coefficient (Wildman–Crippen LogP) is 4.70. The predicted molar refractivity (Wildman–Crippen MR) is 119 cm³/mol. The van der Waals surface area contributed by atoms with Gasteiger partial charge in [-0.25, -0.2) is 4.98 Å². The SMILES string of the molecule is COc1ccc(CN(C)C(=O)c2cc(-c3cc(C)oc3C)nc3onc(C)c23)cc1OC. The molecule has 166 valence electrons. The van der Waals surface area contributed by atoms with Crippen LogP contribution >= 0.6 is 0 Å². The molecule has 1 aromatic carbocycles. The van der Waals surface area contributed by atoms with Crippen molar-refractivity contribution in [1.29, 1.82) is 0 Å². The molecule has 0 aliphatic rings. The zero-order valence-electron chi connectivity index (χ0n) is 19.0. The van der Waals surface area contributed by atoms with Crippen LogP contribution in [0.25, 0.3) is 22.4 Å². The van der Waals surface area contributed by atoms with E-state index in [1.54, 1.807) is 39.2 Å². The van der Waals surface area contributed by atoms with Crippen LogP contribution in [0.15, 0.2) is 39.3 Å². The Morgan fingerprint density at radius 3 is 2.47 bits per heavy atom. The van der Waals surface area contributed by atoms with E-state index in [2.05, 4.69) is 10.1 Å². The van der Waals surface area contributed by atoms with Crippen molar-refractivity contribution in [2.75, 3.05) is 21.3 Å². The summed E-state index contributed by atoms with van der Waals surface area (Å²) in [5.41, 5.74) is 3.74. The molecule has 1 amide bonds. The van der Waals surface area contributed by atoms with Crippen molar-refractivity contribution in [3.8, 4) is 22.8 Å². The first-order valence-electron chi connectivity index (χ1n) is 10.1. The van der Waals surface area contributed by atoms with Crippen LogP contribution in [0.4, 0.5) is 0 Å². The molecule has 0 aliphatic carbocycles. The van der Waals surface area contributed by atoms with Gasteiger partial charge in [-0.05, 0) is 50.6 Å². The molecule has 0 aliphatic heterocycles. The number of carbonyl (C=O) groups is 1. The minimum absolute atomic E-state index is 0.169. The molecule has 0 radical (unpaired) electrons. The van der Waals surface area contributed by atoms with Gasteiger partial charge in [-0.2, -0.15) is 0 Å². The Kier molecular flexibility index (Phi) is 5.61. The maximum Gasteiger partial charge on any atom is 0.259 e. The molecule has 8 nitrogen and oxygen atoms in total. The van der Waals surface area contributed by atoms with Gasteiger partial charge in [-0.1, -0.05) is 11.2 Å². The number of carbonyl (C=O) groups excluding carboxylic acids is 1. The molecule has 4 aromatic rings. The first-order valence-corrected chi connectivity index (χ1v) is 10.1. The normalized spacial score (nSPS) is 11.1. The summed E-state index contributed by atoms with van der Waals surface area (Å²) >= 11 is 0. The van der Waals surface area contributed by atoms with E-state index in [1.165, 1.54) is 0 Å². The zero-order chi connectivity index (χ0) is 23.0. The standard InChI is InChI=1S/C24H25N3O5/c1-13-9-17(15(3)31-13)19-11-18(22-14(2)26-32-23(22)25-19)24(28)27(4)12-16-7-8-20(29-5)21(10-16)30-6/h7-11H,12H2,1-6H3. The van der Waals surface area contributed by atoms with E-state index in [0.717, 1.165) is 22.6 Å². The lowest BCUT2D eigenvalue weighted by Crippen LogP contribution is -2.26. The third-order valence-corrected chi connectivity index (χ3v) is 5.38. The lowest BCUT2D eigenvalue weighted by Gasteiger charge is -2.19. The number of fused-ring (bicyclic) bond motifs is 1.